The average Bonchev–Trinajstić information content (AvgIpc) is 3.20. The Morgan fingerprint density at radius 3 is 2.68 bits per heavy atom. The van der Waals surface area contributed by atoms with Crippen LogP contribution in [0.4, 0.5) is 0 Å². The summed E-state index contributed by atoms with van der Waals surface area (Å²) in [5.41, 5.74) is 4.31. The van der Waals surface area contributed by atoms with Gasteiger partial charge in [0.1, 0.15) is 0 Å². The number of hydrogen-bond acceptors (Lipinski definition) is 3. The van der Waals surface area contributed by atoms with Crippen molar-refractivity contribution in [3.05, 3.63) is 58.8 Å². The number of aliphatic carboxylic acids is 1. The monoisotopic (exact) mass is 403 g/mol. The van der Waals surface area contributed by atoms with Crippen LogP contribution in [0.2, 0.25) is 0 Å². The highest BCUT2D eigenvalue weighted by Crippen LogP contribution is 2.47. The van der Waals surface area contributed by atoms with Crippen molar-refractivity contribution >= 4 is 16.0 Å². The molecular formula is C22H29NO4S. The van der Waals surface area contributed by atoms with Crippen molar-refractivity contribution in [3.8, 4) is 0 Å². The number of rotatable bonds is 10. The largest absolute Gasteiger partial charge is 0.481 e. The molecule has 2 aliphatic carbocycles. The highest BCUT2D eigenvalue weighted by Gasteiger charge is 2.37. The minimum absolute atomic E-state index is 0.0905. The molecule has 1 aromatic rings. The molecule has 2 atom stereocenters. The highest BCUT2D eigenvalue weighted by atomic mass is 32.2. The van der Waals surface area contributed by atoms with Crippen LogP contribution in [0.3, 0.4) is 0 Å². The summed E-state index contributed by atoms with van der Waals surface area (Å²) in [6, 6.07) is 7.97. The zero-order chi connectivity index (χ0) is 20.1. The summed E-state index contributed by atoms with van der Waals surface area (Å²) < 4.78 is 28.0. The average molecular weight is 404 g/mol. The van der Waals surface area contributed by atoms with Crippen molar-refractivity contribution in [2.45, 2.75) is 51.9 Å². The Morgan fingerprint density at radius 2 is 2.00 bits per heavy atom. The standard InChI is InChI=1S/C22H29NO4S/c1-16-7-9-17(10-8-16)11-12-28(26,27)23-21-15-18-13-19(20(21)14-18)5-3-2-4-6-22(24)25/h3,5,7-10,18-19,23H,2,4,6,11-15H2,1H3,(H,24,25). The van der Waals surface area contributed by atoms with E-state index in [-0.39, 0.29) is 12.2 Å². The predicted molar refractivity (Wildman–Crippen MR) is 110 cm³/mol. The quantitative estimate of drug-likeness (QED) is 0.458. The molecule has 2 aliphatic rings. The van der Waals surface area contributed by atoms with Crippen LogP contribution >= 0.6 is 0 Å². The second-order valence-corrected chi connectivity index (χ2v) is 9.83. The van der Waals surface area contributed by atoms with Crippen LogP contribution in [-0.2, 0) is 21.2 Å². The fourth-order valence-corrected chi connectivity index (χ4v) is 5.34. The van der Waals surface area contributed by atoms with Crippen LogP contribution in [-0.4, -0.2) is 25.2 Å². The van der Waals surface area contributed by atoms with Gasteiger partial charge >= 0.3 is 5.97 Å². The lowest BCUT2D eigenvalue weighted by Gasteiger charge is -2.19. The number of fused-ring (bicyclic) bond motifs is 2. The molecule has 1 saturated carbocycles. The van der Waals surface area contributed by atoms with E-state index >= 15 is 0 Å². The molecule has 6 heteroatoms. The summed E-state index contributed by atoms with van der Waals surface area (Å²) in [5, 5.41) is 8.69. The Hall–Kier alpha value is -2.08. The summed E-state index contributed by atoms with van der Waals surface area (Å²) in [4.78, 5) is 10.6. The van der Waals surface area contributed by atoms with Crippen LogP contribution in [0.5, 0.6) is 0 Å². The van der Waals surface area contributed by atoms with E-state index in [4.69, 9.17) is 5.11 Å². The van der Waals surface area contributed by atoms with Gasteiger partial charge in [0.05, 0.1) is 5.75 Å². The number of aryl methyl sites for hydroxylation is 2. The van der Waals surface area contributed by atoms with Gasteiger partial charge in [-0.1, -0.05) is 42.0 Å². The fourth-order valence-electron chi connectivity index (χ4n) is 4.15. The van der Waals surface area contributed by atoms with Crippen molar-refractivity contribution in [1.29, 1.82) is 0 Å². The van der Waals surface area contributed by atoms with Crippen molar-refractivity contribution in [3.63, 3.8) is 0 Å². The van der Waals surface area contributed by atoms with Gasteiger partial charge in [0.15, 0.2) is 0 Å². The molecular weight excluding hydrogens is 374 g/mol. The van der Waals surface area contributed by atoms with Crippen LogP contribution in [0.25, 0.3) is 0 Å². The summed E-state index contributed by atoms with van der Waals surface area (Å²) in [6.45, 7) is 2.02. The molecule has 0 amide bonds. The number of benzene rings is 1. The Labute approximate surface area is 167 Å². The normalized spacial score (nSPS) is 21.6. The van der Waals surface area contributed by atoms with E-state index in [0.717, 1.165) is 36.9 Å². The molecule has 28 heavy (non-hydrogen) atoms. The second kappa shape index (κ2) is 8.95. The molecule has 1 fully saturated rings. The second-order valence-electron chi connectivity index (χ2n) is 7.99. The number of hydrogen-bond donors (Lipinski definition) is 2. The summed E-state index contributed by atoms with van der Waals surface area (Å²) in [5.74, 6) is 0.142. The molecule has 3 rings (SSSR count). The summed E-state index contributed by atoms with van der Waals surface area (Å²) >= 11 is 0. The molecule has 0 radical (unpaired) electrons. The minimum atomic E-state index is -3.36. The maximum atomic E-state index is 12.6. The van der Waals surface area contributed by atoms with Gasteiger partial charge in [-0.25, -0.2) is 8.42 Å². The van der Waals surface area contributed by atoms with E-state index in [1.54, 1.807) is 0 Å². The SMILES string of the molecule is Cc1ccc(CCS(=O)(=O)NC2=C3CC(C2)CC3C=CCCCC(=O)O)cc1. The Balaban J connectivity index is 1.55. The molecule has 5 nitrogen and oxygen atoms in total. The van der Waals surface area contributed by atoms with Crippen LogP contribution in [0.1, 0.15) is 49.7 Å². The van der Waals surface area contributed by atoms with Crippen molar-refractivity contribution in [1.82, 2.24) is 4.72 Å². The number of carboxylic acids is 1. The minimum Gasteiger partial charge on any atom is -0.481 e. The van der Waals surface area contributed by atoms with Gasteiger partial charge in [0, 0.05) is 18.0 Å². The Kier molecular flexibility index (Phi) is 6.60. The number of unbranched alkanes of at least 4 members (excludes halogenated alkanes) is 1. The zero-order valence-electron chi connectivity index (χ0n) is 16.4. The van der Waals surface area contributed by atoms with Gasteiger partial charge in [-0.15, -0.1) is 0 Å². The molecule has 0 saturated heterocycles. The number of sulfonamides is 1. The van der Waals surface area contributed by atoms with E-state index in [0.29, 0.717) is 24.7 Å². The van der Waals surface area contributed by atoms with Crippen LogP contribution < -0.4 is 4.72 Å². The molecule has 0 aromatic heterocycles. The molecule has 0 spiro atoms. The van der Waals surface area contributed by atoms with E-state index in [2.05, 4.69) is 10.8 Å². The first-order chi connectivity index (χ1) is 13.3. The van der Waals surface area contributed by atoms with Gasteiger partial charge in [-0.05, 0) is 62.5 Å². The predicted octanol–water partition coefficient (Wildman–Crippen LogP) is 3.95. The molecule has 1 aromatic carbocycles. The maximum Gasteiger partial charge on any atom is 0.303 e. The van der Waals surface area contributed by atoms with Crippen molar-refractivity contribution in [2.75, 3.05) is 5.75 Å². The Morgan fingerprint density at radius 1 is 1.25 bits per heavy atom. The molecule has 2 bridgehead atoms. The fraction of sp³-hybridized carbons (Fsp3) is 0.500. The zero-order valence-corrected chi connectivity index (χ0v) is 17.2. The van der Waals surface area contributed by atoms with E-state index in [1.807, 2.05) is 37.3 Å². The maximum absolute atomic E-state index is 12.6. The van der Waals surface area contributed by atoms with Crippen molar-refractivity contribution < 1.29 is 18.3 Å². The number of nitrogens with one attached hydrogen (secondary N) is 1. The lowest BCUT2D eigenvalue weighted by atomic mass is 9.93. The van der Waals surface area contributed by atoms with Crippen LogP contribution in [0.15, 0.2) is 47.7 Å². The lowest BCUT2D eigenvalue weighted by molar-refractivity contribution is -0.137. The first-order valence-corrected chi connectivity index (χ1v) is 11.6. The van der Waals surface area contributed by atoms with Crippen LogP contribution in [0, 0.1) is 18.8 Å². The first kappa shape index (κ1) is 20.6. The third kappa shape index (κ3) is 5.71. The van der Waals surface area contributed by atoms with Gasteiger partial charge in [0.25, 0.3) is 0 Å². The molecule has 2 unspecified atom stereocenters. The third-order valence-electron chi connectivity index (χ3n) is 5.61. The highest BCUT2D eigenvalue weighted by molar-refractivity contribution is 7.89. The number of carboxylic acid groups (broad SMARTS) is 1. The number of allylic oxidation sites excluding steroid dienone is 4. The van der Waals surface area contributed by atoms with Gasteiger partial charge in [0.2, 0.25) is 10.0 Å². The molecule has 152 valence electrons. The van der Waals surface area contributed by atoms with E-state index in [9.17, 15) is 13.2 Å². The molecule has 2 N–H and O–H groups in total. The van der Waals surface area contributed by atoms with Crippen molar-refractivity contribution in [2.24, 2.45) is 11.8 Å². The third-order valence-corrected chi connectivity index (χ3v) is 6.91. The Bertz CT molecular complexity index is 868. The van der Waals surface area contributed by atoms with E-state index in [1.165, 1.54) is 11.1 Å². The van der Waals surface area contributed by atoms with E-state index < -0.39 is 16.0 Å². The topological polar surface area (TPSA) is 83.5 Å². The lowest BCUT2D eigenvalue weighted by Crippen LogP contribution is -2.28. The summed E-state index contributed by atoms with van der Waals surface area (Å²) in [6.07, 6.45) is 9.13. The summed E-state index contributed by atoms with van der Waals surface area (Å²) in [7, 11) is -3.36. The van der Waals surface area contributed by atoms with Gasteiger partial charge < -0.3 is 5.11 Å². The first-order valence-electron chi connectivity index (χ1n) is 9.99. The smallest absolute Gasteiger partial charge is 0.303 e. The molecule has 0 heterocycles. The van der Waals surface area contributed by atoms with Gasteiger partial charge in [-0.3, -0.25) is 9.52 Å². The number of carbonyl (C=O) groups is 1. The molecule has 0 aliphatic heterocycles. The van der Waals surface area contributed by atoms with Gasteiger partial charge in [-0.2, -0.15) is 0 Å².